The van der Waals surface area contributed by atoms with Gasteiger partial charge < -0.3 is 10.2 Å². The smallest absolute Gasteiger partial charge is 0.337 e. The highest BCUT2D eigenvalue weighted by Gasteiger charge is 2.55. The van der Waals surface area contributed by atoms with Crippen LogP contribution in [0.3, 0.4) is 0 Å². The Morgan fingerprint density at radius 3 is 2.38 bits per heavy atom. The van der Waals surface area contributed by atoms with Crippen LogP contribution < -0.4 is 5.32 Å². The van der Waals surface area contributed by atoms with Crippen LogP contribution >= 0.6 is 0 Å². The van der Waals surface area contributed by atoms with Crippen molar-refractivity contribution in [2.75, 3.05) is 19.6 Å². The van der Waals surface area contributed by atoms with Crippen molar-refractivity contribution in [1.82, 2.24) is 10.2 Å². The van der Waals surface area contributed by atoms with Crippen molar-refractivity contribution < 1.29 is 18.0 Å². The lowest BCUT2D eigenvalue weighted by Gasteiger charge is -2.37. The summed E-state index contributed by atoms with van der Waals surface area (Å²) >= 11 is 0. The summed E-state index contributed by atoms with van der Waals surface area (Å²) in [7, 11) is 0. The lowest BCUT2D eigenvalue weighted by atomic mass is 9.87. The van der Waals surface area contributed by atoms with Gasteiger partial charge in [0.1, 0.15) is 0 Å². The molecular weight excluding hydrogens is 281 g/mol. The Hall–Kier alpha value is -0.780. The molecule has 0 aliphatic carbocycles. The van der Waals surface area contributed by atoms with Crippen LogP contribution in [0.15, 0.2) is 0 Å². The van der Waals surface area contributed by atoms with Gasteiger partial charge in [-0.15, -0.1) is 0 Å². The molecule has 2 aliphatic rings. The zero-order chi connectivity index (χ0) is 15.7. The van der Waals surface area contributed by atoms with E-state index in [1.807, 2.05) is 0 Å². The predicted molar refractivity (Wildman–Crippen MR) is 74.8 cm³/mol. The van der Waals surface area contributed by atoms with Gasteiger partial charge in [0.05, 0.1) is 5.92 Å². The van der Waals surface area contributed by atoms with E-state index in [0.29, 0.717) is 12.3 Å². The van der Waals surface area contributed by atoms with Crippen LogP contribution in [0.25, 0.3) is 0 Å². The van der Waals surface area contributed by atoms with E-state index in [9.17, 15) is 18.0 Å². The molecular formula is C15H25F3N2O. The first kappa shape index (κ1) is 16.6. The number of alkyl halides is 3. The van der Waals surface area contributed by atoms with Crippen molar-refractivity contribution in [3.8, 4) is 0 Å². The number of halogens is 3. The SMILES string of the molecule is CC1(C)C(C(F)(F)F)CCN1C(=O)CCC1CCNCC1. The maximum Gasteiger partial charge on any atom is 0.394 e. The van der Waals surface area contributed by atoms with E-state index in [1.165, 1.54) is 4.90 Å². The summed E-state index contributed by atoms with van der Waals surface area (Å²) in [4.78, 5) is 13.8. The van der Waals surface area contributed by atoms with Gasteiger partial charge in [-0.3, -0.25) is 4.79 Å². The largest absolute Gasteiger partial charge is 0.394 e. The molecule has 0 radical (unpaired) electrons. The lowest BCUT2D eigenvalue weighted by Crippen LogP contribution is -2.49. The predicted octanol–water partition coefficient (Wildman–Crippen LogP) is 2.96. The second-order valence-electron chi connectivity index (χ2n) is 6.81. The highest BCUT2D eigenvalue weighted by Crippen LogP contribution is 2.45. The summed E-state index contributed by atoms with van der Waals surface area (Å²) in [5.41, 5.74) is -1.12. The fourth-order valence-electron chi connectivity index (χ4n) is 3.73. The van der Waals surface area contributed by atoms with E-state index in [1.54, 1.807) is 13.8 Å². The Balaban J connectivity index is 1.90. The van der Waals surface area contributed by atoms with Crippen molar-refractivity contribution in [3.63, 3.8) is 0 Å². The fraction of sp³-hybridized carbons (Fsp3) is 0.933. The highest BCUT2D eigenvalue weighted by atomic mass is 19.4. The van der Waals surface area contributed by atoms with Crippen molar-refractivity contribution in [2.45, 2.75) is 57.7 Å². The third-order valence-corrected chi connectivity index (χ3v) is 5.11. The van der Waals surface area contributed by atoms with Crippen LogP contribution in [0.5, 0.6) is 0 Å². The summed E-state index contributed by atoms with van der Waals surface area (Å²) in [6, 6.07) is 0. The van der Waals surface area contributed by atoms with E-state index in [0.717, 1.165) is 32.4 Å². The summed E-state index contributed by atoms with van der Waals surface area (Å²) < 4.78 is 39.1. The third kappa shape index (κ3) is 3.71. The molecule has 0 aromatic carbocycles. The van der Waals surface area contributed by atoms with E-state index in [2.05, 4.69) is 5.32 Å². The van der Waals surface area contributed by atoms with E-state index >= 15 is 0 Å². The fourth-order valence-corrected chi connectivity index (χ4v) is 3.73. The molecule has 0 aromatic rings. The van der Waals surface area contributed by atoms with Crippen LogP contribution in [0.4, 0.5) is 13.2 Å². The Bertz CT molecular complexity index is 376. The standard InChI is InChI=1S/C15H25F3N2O/c1-14(2)12(15(16,17)18)7-10-20(14)13(21)4-3-11-5-8-19-9-6-11/h11-12,19H,3-10H2,1-2H3. The molecule has 122 valence electrons. The first-order valence-corrected chi connectivity index (χ1v) is 7.81. The van der Waals surface area contributed by atoms with E-state index in [4.69, 9.17) is 0 Å². The maximum atomic E-state index is 13.0. The molecule has 1 unspecified atom stereocenters. The van der Waals surface area contributed by atoms with Crippen molar-refractivity contribution in [2.24, 2.45) is 11.8 Å². The van der Waals surface area contributed by atoms with E-state index < -0.39 is 17.6 Å². The number of rotatable bonds is 3. The number of carbonyl (C=O) groups is 1. The molecule has 21 heavy (non-hydrogen) atoms. The maximum absolute atomic E-state index is 13.0. The molecule has 0 saturated carbocycles. The summed E-state index contributed by atoms with van der Waals surface area (Å²) in [5, 5.41) is 3.27. The summed E-state index contributed by atoms with van der Waals surface area (Å²) in [6.07, 6.45) is -0.921. The van der Waals surface area contributed by atoms with Crippen LogP contribution in [-0.4, -0.2) is 42.2 Å². The van der Waals surface area contributed by atoms with E-state index in [-0.39, 0.29) is 18.9 Å². The lowest BCUT2D eigenvalue weighted by molar-refractivity contribution is -0.192. The van der Waals surface area contributed by atoms with Crippen LogP contribution in [-0.2, 0) is 4.79 Å². The van der Waals surface area contributed by atoms with Crippen molar-refractivity contribution in [1.29, 1.82) is 0 Å². The van der Waals surface area contributed by atoms with Gasteiger partial charge in [0.25, 0.3) is 0 Å². The number of nitrogens with one attached hydrogen (secondary N) is 1. The second kappa shape index (κ2) is 6.15. The number of amides is 1. The molecule has 0 spiro atoms. The molecule has 2 saturated heterocycles. The van der Waals surface area contributed by atoms with Gasteiger partial charge in [-0.05, 0) is 58.5 Å². The number of hydrogen-bond donors (Lipinski definition) is 1. The molecule has 1 N–H and O–H groups in total. The van der Waals surface area contributed by atoms with Gasteiger partial charge in [-0.25, -0.2) is 0 Å². The zero-order valence-electron chi connectivity index (χ0n) is 12.8. The third-order valence-electron chi connectivity index (χ3n) is 5.11. The molecule has 0 aromatic heterocycles. The Morgan fingerprint density at radius 1 is 1.24 bits per heavy atom. The molecule has 6 heteroatoms. The quantitative estimate of drug-likeness (QED) is 0.869. The van der Waals surface area contributed by atoms with Crippen LogP contribution in [0.2, 0.25) is 0 Å². The van der Waals surface area contributed by atoms with Crippen molar-refractivity contribution in [3.05, 3.63) is 0 Å². The molecule has 2 aliphatic heterocycles. The molecule has 2 heterocycles. The van der Waals surface area contributed by atoms with Crippen molar-refractivity contribution >= 4 is 5.91 Å². The van der Waals surface area contributed by atoms with Crippen LogP contribution in [0, 0.1) is 11.8 Å². The first-order chi connectivity index (χ1) is 9.73. The van der Waals surface area contributed by atoms with Crippen LogP contribution in [0.1, 0.15) is 46.0 Å². The highest BCUT2D eigenvalue weighted by molar-refractivity contribution is 5.77. The molecule has 3 nitrogen and oxygen atoms in total. The number of likely N-dealkylation sites (tertiary alicyclic amines) is 1. The van der Waals surface area contributed by atoms with Gasteiger partial charge in [0.15, 0.2) is 0 Å². The van der Waals surface area contributed by atoms with Gasteiger partial charge >= 0.3 is 6.18 Å². The van der Waals surface area contributed by atoms with Gasteiger partial charge in [-0.2, -0.15) is 13.2 Å². The number of piperidine rings is 1. The first-order valence-electron chi connectivity index (χ1n) is 7.81. The average molecular weight is 306 g/mol. The minimum Gasteiger partial charge on any atom is -0.337 e. The normalized spacial score (nSPS) is 27.1. The average Bonchev–Trinajstić information content (AvgIpc) is 2.72. The summed E-state index contributed by atoms with van der Waals surface area (Å²) in [6.45, 7) is 5.26. The number of hydrogen-bond acceptors (Lipinski definition) is 2. The van der Waals surface area contributed by atoms with Gasteiger partial charge in [0.2, 0.25) is 5.91 Å². The minimum atomic E-state index is -4.23. The van der Waals surface area contributed by atoms with Gasteiger partial charge in [0, 0.05) is 18.5 Å². The molecule has 2 fully saturated rings. The zero-order valence-corrected chi connectivity index (χ0v) is 12.8. The number of nitrogens with zero attached hydrogens (tertiary/aromatic N) is 1. The minimum absolute atomic E-state index is 0.0234. The number of carbonyl (C=O) groups excluding carboxylic acids is 1. The molecule has 1 atom stereocenters. The summed E-state index contributed by atoms with van der Waals surface area (Å²) in [5.74, 6) is -1.00. The Labute approximate surface area is 124 Å². The Morgan fingerprint density at radius 2 is 1.86 bits per heavy atom. The Kier molecular flexibility index (Phi) is 4.85. The monoisotopic (exact) mass is 306 g/mol. The topological polar surface area (TPSA) is 32.3 Å². The molecule has 0 bridgehead atoms. The van der Waals surface area contributed by atoms with Gasteiger partial charge in [-0.1, -0.05) is 0 Å². The second-order valence-corrected chi connectivity index (χ2v) is 6.81. The molecule has 1 amide bonds. The molecule has 2 rings (SSSR count).